The first-order valence-electron chi connectivity index (χ1n) is 9.96. The molecule has 1 aromatic carbocycles. The molecule has 148 valence electrons. The van der Waals surface area contributed by atoms with Gasteiger partial charge in [-0.3, -0.25) is 4.79 Å². The van der Waals surface area contributed by atoms with Gasteiger partial charge in [0, 0.05) is 12.2 Å². The highest BCUT2D eigenvalue weighted by molar-refractivity contribution is 6.03. The maximum Gasteiger partial charge on any atom is 0.274 e. The maximum atomic E-state index is 12.7. The summed E-state index contributed by atoms with van der Waals surface area (Å²) >= 11 is 0. The zero-order valence-corrected chi connectivity index (χ0v) is 16.6. The molecule has 1 aliphatic rings. The van der Waals surface area contributed by atoms with Crippen molar-refractivity contribution in [1.29, 1.82) is 0 Å². The topological polar surface area (TPSA) is 76.1 Å². The minimum absolute atomic E-state index is 0.282. The molecular formula is C22H28N4O2. The Morgan fingerprint density at radius 3 is 2.86 bits per heavy atom. The SMILES string of the molecule is CCOc1ccccc1NC(=O)c1cc(C)nc(NCCC2=CCCCC2)n1. The standard InChI is InChI=1S/C22H28N4O2/c1-3-28-20-12-8-7-11-18(20)25-21(27)19-15-16(2)24-22(26-19)23-14-13-17-9-5-4-6-10-17/h7-9,11-12,15H,3-6,10,13-14H2,1-2H3,(H,25,27)(H,23,24,26). The summed E-state index contributed by atoms with van der Waals surface area (Å²) in [4.78, 5) is 21.5. The van der Waals surface area contributed by atoms with Gasteiger partial charge in [0.2, 0.25) is 5.95 Å². The molecule has 0 atom stereocenters. The van der Waals surface area contributed by atoms with Gasteiger partial charge in [0.25, 0.3) is 5.91 Å². The highest BCUT2D eigenvalue weighted by Gasteiger charge is 2.13. The number of hydrogen-bond acceptors (Lipinski definition) is 5. The molecule has 6 nitrogen and oxygen atoms in total. The number of aromatic nitrogens is 2. The van der Waals surface area contributed by atoms with Gasteiger partial charge in [0.15, 0.2) is 0 Å². The highest BCUT2D eigenvalue weighted by Crippen LogP contribution is 2.24. The number of allylic oxidation sites excluding steroid dienone is 1. The van der Waals surface area contributed by atoms with Crippen molar-refractivity contribution < 1.29 is 9.53 Å². The summed E-state index contributed by atoms with van der Waals surface area (Å²) in [6.07, 6.45) is 8.27. The van der Waals surface area contributed by atoms with Crippen LogP contribution in [-0.2, 0) is 0 Å². The Hall–Kier alpha value is -2.89. The molecular weight excluding hydrogens is 352 g/mol. The van der Waals surface area contributed by atoms with Crippen molar-refractivity contribution in [2.45, 2.75) is 46.0 Å². The van der Waals surface area contributed by atoms with E-state index in [1.54, 1.807) is 6.07 Å². The molecule has 0 aliphatic heterocycles. The molecule has 6 heteroatoms. The number of rotatable bonds is 8. The molecule has 2 aromatic rings. The van der Waals surface area contributed by atoms with Crippen LogP contribution in [0.25, 0.3) is 0 Å². The molecule has 0 radical (unpaired) electrons. The molecule has 0 saturated heterocycles. The molecule has 3 rings (SSSR count). The maximum absolute atomic E-state index is 12.7. The normalized spacial score (nSPS) is 13.6. The van der Waals surface area contributed by atoms with Gasteiger partial charge >= 0.3 is 0 Å². The fourth-order valence-electron chi connectivity index (χ4n) is 3.27. The Kier molecular flexibility index (Phi) is 7.00. The first-order valence-corrected chi connectivity index (χ1v) is 9.96. The van der Waals surface area contributed by atoms with Crippen LogP contribution in [0.5, 0.6) is 5.75 Å². The number of anilines is 2. The number of nitrogens with one attached hydrogen (secondary N) is 2. The number of nitrogens with zero attached hydrogens (tertiary/aromatic N) is 2. The highest BCUT2D eigenvalue weighted by atomic mass is 16.5. The third-order valence-corrected chi connectivity index (χ3v) is 4.64. The van der Waals surface area contributed by atoms with Crippen LogP contribution >= 0.6 is 0 Å². The van der Waals surface area contributed by atoms with Crippen molar-refractivity contribution in [3.63, 3.8) is 0 Å². The van der Waals surface area contributed by atoms with Crippen LogP contribution in [0.1, 0.15) is 55.2 Å². The first-order chi connectivity index (χ1) is 13.7. The van der Waals surface area contributed by atoms with Crippen LogP contribution in [0, 0.1) is 6.92 Å². The van der Waals surface area contributed by atoms with Crippen molar-refractivity contribution in [2.75, 3.05) is 23.8 Å². The lowest BCUT2D eigenvalue weighted by Crippen LogP contribution is -2.17. The number of para-hydroxylation sites is 2. The average Bonchev–Trinajstić information content (AvgIpc) is 2.70. The van der Waals surface area contributed by atoms with E-state index in [9.17, 15) is 4.79 Å². The van der Waals surface area contributed by atoms with E-state index in [0.29, 0.717) is 29.7 Å². The van der Waals surface area contributed by atoms with Crippen molar-refractivity contribution >= 4 is 17.5 Å². The summed E-state index contributed by atoms with van der Waals surface area (Å²) in [7, 11) is 0. The number of ether oxygens (including phenoxy) is 1. The van der Waals surface area contributed by atoms with Crippen LogP contribution in [0.3, 0.4) is 0 Å². The third-order valence-electron chi connectivity index (χ3n) is 4.64. The Morgan fingerprint density at radius 1 is 1.21 bits per heavy atom. The molecule has 28 heavy (non-hydrogen) atoms. The van der Waals surface area contributed by atoms with Gasteiger partial charge in [-0.2, -0.15) is 0 Å². The Bertz CT molecular complexity index is 848. The largest absolute Gasteiger partial charge is 0.492 e. The van der Waals surface area contributed by atoms with E-state index < -0.39 is 0 Å². The molecule has 1 heterocycles. The van der Waals surface area contributed by atoms with E-state index in [-0.39, 0.29) is 5.91 Å². The van der Waals surface area contributed by atoms with Crippen LogP contribution in [0.15, 0.2) is 42.0 Å². The van der Waals surface area contributed by atoms with Crippen LogP contribution in [-0.4, -0.2) is 29.0 Å². The predicted octanol–water partition coefficient (Wildman–Crippen LogP) is 4.74. The lowest BCUT2D eigenvalue weighted by atomic mass is 9.97. The van der Waals surface area contributed by atoms with E-state index >= 15 is 0 Å². The quantitative estimate of drug-likeness (QED) is 0.647. The van der Waals surface area contributed by atoms with Gasteiger partial charge in [-0.15, -0.1) is 0 Å². The Labute approximate surface area is 166 Å². The molecule has 1 aliphatic carbocycles. The Morgan fingerprint density at radius 2 is 2.07 bits per heavy atom. The number of benzene rings is 1. The monoisotopic (exact) mass is 380 g/mol. The molecule has 0 unspecified atom stereocenters. The molecule has 0 bridgehead atoms. The van der Waals surface area contributed by atoms with E-state index in [4.69, 9.17) is 4.74 Å². The number of amides is 1. The lowest BCUT2D eigenvalue weighted by Gasteiger charge is -2.14. The summed E-state index contributed by atoms with van der Waals surface area (Å²) in [5.74, 6) is 0.846. The Balaban J connectivity index is 1.65. The van der Waals surface area contributed by atoms with Crippen molar-refractivity contribution in [3.8, 4) is 5.75 Å². The summed E-state index contributed by atoms with van der Waals surface area (Å²) in [6, 6.07) is 9.06. The predicted molar refractivity (Wildman–Crippen MR) is 112 cm³/mol. The van der Waals surface area contributed by atoms with Gasteiger partial charge in [0.1, 0.15) is 11.4 Å². The summed E-state index contributed by atoms with van der Waals surface area (Å²) in [5.41, 5.74) is 3.21. The number of carbonyl (C=O) groups is 1. The van der Waals surface area contributed by atoms with Gasteiger partial charge in [-0.1, -0.05) is 23.8 Å². The molecule has 1 amide bonds. The summed E-state index contributed by atoms with van der Waals surface area (Å²) in [6.45, 7) is 5.07. The minimum atomic E-state index is -0.282. The molecule has 0 spiro atoms. The van der Waals surface area contributed by atoms with Gasteiger partial charge in [-0.25, -0.2) is 9.97 Å². The van der Waals surface area contributed by atoms with Crippen molar-refractivity contribution in [1.82, 2.24) is 9.97 Å². The van der Waals surface area contributed by atoms with Gasteiger partial charge in [0.05, 0.1) is 12.3 Å². The van der Waals surface area contributed by atoms with Gasteiger partial charge < -0.3 is 15.4 Å². The van der Waals surface area contributed by atoms with E-state index in [1.807, 2.05) is 38.1 Å². The average molecular weight is 380 g/mol. The first kappa shape index (κ1) is 19.9. The van der Waals surface area contributed by atoms with Crippen molar-refractivity contribution in [3.05, 3.63) is 53.4 Å². The molecule has 0 fully saturated rings. The van der Waals surface area contributed by atoms with E-state index in [2.05, 4.69) is 26.7 Å². The fraction of sp³-hybridized carbons (Fsp3) is 0.409. The summed E-state index contributed by atoms with van der Waals surface area (Å²) in [5, 5.41) is 6.14. The zero-order valence-electron chi connectivity index (χ0n) is 16.6. The lowest BCUT2D eigenvalue weighted by molar-refractivity contribution is 0.102. The second kappa shape index (κ2) is 9.88. The van der Waals surface area contributed by atoms with E-state index in [0.717, 1.165) is 18.7 Å². The van der Waals surface area contributed by atoms with Crippen molar-refractivity contribution in [2.24, 2.45) is 0 Å². The smallest absolute Gasteiger partial charge is 0.274 e. The van der Waals surface area contributed by atoms with Crippen LogP contribution < -0.4 is 15.4 Å². The minimum Gasteiger partial charge on any atom is -0.492 e. The fourth-order valence-corrected chi connectivity index (χ4v) is 3.27. The zero-order chi connectivity index (χ0) is 19.8. The van der Waals surface area contributed by atoms with Crippen LogP contribution in [0.4, 0.5) is 11.6 Å². The molecule has 1 aromatic heterocycles. The molecule has 0 saturated carbocycles. The van der Waals surface area contributed by atoms with Crippen LogP contribution in [0.2, 0.25) is 0 Å². The molecule has 2 N–H and O–H groups in total. The number of hydrogen-bond donors (Lipinski definition) is 2. The number of carbonyl (C=O) groups excluding carboxylic acids is 1. The second-order valence-electron chi connectivity index (χ2n) is 6.89. The summed E-state index contributed by atoms with van der Waals surface area (Å²) < 4.78 is 5.57. The number of aryl methyl sites for hydroxylation is 1. The van der Waals surface area contributed by atoms with E-state index in [1.165, 1.54) is 31.3 Å². The third kappa shape index (κ3) is 5.55. The second-order valence-corrected chi connectivity index (χ2v) is 6.89. The van der Waals surface area contributed by atoms with Gasteiger partial charge in [-0.05, 0) is 64.2 Å².